The lowest BCUT2D eigenvalue weighted by atomic mass is 10.1. The van der Waals surface area contributed by atoms with Crippen LogP contribution in [0, 0.1) is 11.8 Å². The first-order valence-electron chi connectivity index (χ1n) is 5.12. The molecule has 0 aliphatic rings. The molecule has 2 nitrogen and oxygen atoms in total. The van der Waals surface area contributed by atoms with E-state index in [-0.39, 0.29) is 5.54 Å². The predicted octanol–water partition coefficient (Wildman–Crippen LogP) is 2.14. The monoisotopic (exact) mass is 195 g/mol. The van der Waals surface area contributed by atoms with Crippen LogP contribution in [0.15, 0.2) is 0 Å². The molecule has 0 spiro atoms. The van der Waals surface area contributed by atoms with Crippen molar-refractivity contribution in [3.05, 3.63) is 0 Å². The number of nitrogens with one attached hydrogen (secondary N) is 1. The third-order valence-electron chi connectivity index (χ3n) is 1.76. The summed E-state index contributed by atoms with van der Waals surface area (Å²) in [4.78, 5) is 11.3. The molecular formula is C12H21NO. The lowest BCUT2D eigenvalue weighted by Crippen LogP contribution is -2.37. The molecule has 14 heavy (non-hydrogen) atoms. The summed E-state index contributed by atoms with van der Waals surface area (Å²) < 4.78 is 0. The van der Waals surface area contributed by atoms with E-state index in [0.29, 0.717) is 25.0 Å². The van der Waals surface area contributed by atoms with E-state index in [1.807, 2.05) is 0 Å². The van der Waals surface area contributed by atoms with Crippen molar-refractivity contribution in [2.45, 2.75) is 52.5 Å². The molecule has 0 atom stereocenters. The Balaban J connectivity index is 3.48. The molecule has 0 fully saturated rings. The van der Waals surface area contributed by atoms with E-state index in [1.165, 1.54) is 0 Å². The molecule has 0 saturated carbocycles. The minimum atomic E-state index is 0.101. The average Bonchev–Trinajstić information content (AvgIpc) is 2.02. The third-order valence-corrected chi connectivity index (χ3v) is 1.76. The van der Waals surface area contributed by atoms with Gasteiger partial charge in [-0.1, -0.05) is 0 Å². The van der Waals surface area contributed by atoms with E-state index >= 15 is 0 Å². The van der Waals surface area contributed by atoms with Crippen LogP contribution in [-0.4, -0.2) is 17.9 Å². The normalized spacial score (nSPS) is 10.6. The number of carbonyl (C=O) groups excluding carboxylic acids is 1. The van der Waals surface area contributed by atoms with Gasteiger partial charge in [0.05, 0.1) is 0 Å². The van der Waals surface area contributed by atoms with Gasteiger partial charge in [0.15, 0.2) is 0 Å². The molecule has 0 aromatic carbocycles. The van der Waals surface area contributed by atoms with Gasteiger partial charge in [-0.05, 0) is 27.7 Å². The number of hydrogen-bond donors (Lipinski definition) is 1. The Morgan fingerprint density at radius 2 is 1.93 bits per heavy atom. The zero-order chi connectivity index (χ0) is 11.0. The number of hydrogen-bond acceptors (Lipinski definition) is 2. The second-order valence-electron chi connectivity index (χ2n) is 4.39. The zero-order valence-electron chi connectivity index (χ0n) is 9.74. The van der Waals surface area contributed by atoms with Crippen LogP contribution in [0.4, 0.5) is 0 Å². The first-order chi connectivity index (χ1) is 6.45. The van der Waals surface area contributed by atoms with Crippen LogP contribution < -0.4 is 5.32 Å². The molecule has 0 aromatic heterocycles. The van der Waals surface area contributed by atoms with Gasteiger partial charge < -0.3 is 5.32 Å². The maximum absolute atomic E-state index is 11.3. The standard InChI is InChI=1S/C12H21NO/c1-5-6-7-8-11(14)9-10-13-12(2,3)4/h13H,7-10H2,1-4H3. The molecule has 0 aromatic rings. The smallest absolute Gasteiger partial charge is 0.135 e. The fourth-order valence-corrected chi connectivity index (χ4v) is 1.03. The minimum Gasteiger partial charge on any atom is -0.312 e. The second-order valence-corrected chi connectivity index (χ2v) is 4.39. The lowest BCUT2D eigenvalue weighted by molar-refractivity contribution is -0.118. The molecule has 0 amide bonds. The first kappa shape index (κ1) is 13.2. The van der Waals surface area contributed by atoms with Gasteiger partial charge in [0, 0.05) is 31.3 Å². The summed E-state index contributed by atoms with van der Waals surface area (Å²) in [5, 5.41) is 3.29. The molecule has 0 saturated heterocycles. The van der Waals surface area contributed by atoms with Gasteiger partial charge in [0.2, 0.25) is 0 Å². The summed E-state index contributed by atoms with van der Waals surface area (Å²) >= 11 is 0. The minimum absolute atomic E-state index is 0.101. The van der Waals surface area contributed by atoms with Crippen molar-refractivity contribution in [3.63, 3.8) is 0 Å². The van der Waals surface area contributed by atoms with E-state index in [1.54, 1.807) is 6.92 Å². The van der Waals surface area contributed by atoms with Crippen LogP contribution in [0.3, 0.4) is 0 Å². The Kier molecular flexibility index (Phi) is 6.23. The van der Waals surface area contributed by atoms with Gasteiger partial charge in [-0.25, -0.2) is 0 Å². The largest absolute Gasteiger partial charge is 0.312 e. The van der Waals surface area contributed by atoms with Crippen molar-refractivity contribution in [1.29, 1.82) is 0 Å². The van der Waals surface area contributed by atoms with E-state index in [4.69, 9.17) is 0 Å². The SMILES string of the molecule is CC#CCCC(=O)CCNC(C)(C)C. The van der Waals surface area contributed by atoms with Crippen LogP contribution in [0.5, 0.6) is 0 Å². The van der Waals surface area contributed by atoms with E-state index in [9.17, 15) is 4.79 Å². The Bertz CT molecular complexity index is 227. The van der Waals surface area contributed by atoms with Crippen molar-refractivity contribution in [2.75, 3.05) is 6.54 Å². The van der Waals surface area contributed by atoms with Crippen LogP contribution in [0.1, 0.15) is 47.0 Å². The summed E-state index contributed by atoms with van der Waals surface area (Å²) in [7, 11) is 0. The second kappa shape index (κ2) is 6.62. The molecule has 0 unspecified atom stereocenters. The maximum Gasteiger partial charge on any atom is 0.135 e. The van der Waals surface area contributed by atoms with E-state index in [2.05, 4.69) is 37.9 Å². The molecule has 1 N–H and O–H groups in total. The lowest BCUT2D eigenvalue weighted by Gasteiger charge is -2.19. The number of Topliss-reactive ketones (excluding diaryl/α,β-unsaturated/α-hetero) is 1. The summed E-state index contributed by atoms with van der Waals surface area (Å²) in [6, 6.07) is 0. The zero-order valence-corrected chi connectivity index (χ0v) is 9.74. The first-order valence-corrected chi connectivity index (χ1v) is 5.12. The van der Waals surface area contributed by atoms with Crippen molar-refractivity contribution < 1.29 is 4.79 Å². The van der Waals surface area contributed by atoms with Crippen LogP contribution >= 0.6 is 0 Å². The molecule has 0 aliphatic heterocycles. The summed E-state index contributed by atoms with van der Waals surface area (Å²) in [5.74, 6) is 5.98. The molecule has 80 valence electrons. The Hall–Kier alpha value is -0.810. The van der Waals surface area contributed by atoms with Gasteiger partial charge in [0.1, 0.15) is 5.78 Å². The molecule has 0 radical (unpaired) electrons. The average molecular weight is 195 g/mol. The van der Waals surface area contributed by atoms with Crippen molar-refractivity contribution in [1.82, 2.24) is 5.32 Å². The highest BCUT2D eigenvalue weighted by molar-refractivity contribution is 5.78. The molecule has 0 bridgehead atoms. The number of rotatable bonds is 5. The van der Waals surface area contributed by atoms with Gasteiger partial charge in [0.25, 0.3) is 0 Å². The van der Waals surface area contributed by atoms with Crippen LogP contribution in [-0.2, 0) is 4.79 Å². The highest BCUT2D eigenvalue weighted by atomic mass is 16.1. The fraction of sp³-hybridized carbons (Fsp3) is 0.750. The highest BCUT2D eigenvalue weighted by Gasteiger charge is 2.08. The fourth-order valence-electron chi connectivity index (χ4n) is 1.03. The maximum atomic E-state index is 11.3. The summed E-state index contributed by atoms with van der Waals surface area (Å²) in [6.45, 7) is 8.85. The van der Waals surface area contributed by atoms with Crippen molar-refractivity contribution in [2.24, 2.45) is 0 Å². The summed E-state index contributed by atoms with van der Waals surface area (Å²) in [5.41, 5.74) is 0.101. The Labute approximate surface area is 87.5 Å². The molecule has 0 heterocycles. The van der Waals surface area contributed by atoms with E-state index in [0.717, 1.165) is 6.54 Å². The van der Waals surface area contributed by atoms with Gasteiger partial charge in [-0.15, -0.1) is 11.8 Å². The summed E-state index contributed by atoms with van der Waals surface area (Å²) in [6.07, 6.45) is 1.90. The van der Waals surface area contributed by atoms with Crippen LogP contribution in [0.2, 0.25) is 0 Å². The molecule has 0 aliphatic carbocycles. The molecule has 0 rings (SSSR count). The van der Waals surface area contributed by atoms with E-state index < -0.39 is 0 Å². The molecular weight excluding hydrogens is 174 g/mol. The number of carbonyl (C=O) groups is 1. The highest BCUT2D eigenvalue weighted by Crippen LogP contribution is 1.99. The van der Waals surface area contributed by atoms with Gasteiger partial charge in [-0.2, -0.15) is 0 Å². The van der Waals surface area contributed by atoms with Crippen LogP contribution in [0.25, 0.3) is 0 Å². The Morgan fingerprint density at radius 3 is 2.43 bits per heavy atom. The quantitative estimate of drug-likeness (QED) is 0.681. The predicted molar refractivity (Wildman–Crippen MR) is 60.1 cm³/mol. The number of ketones is 1. The van der Waals surface area contributed by atoms with Gasteiger partial charge in [-0.3, -0.25) is 4.79 Å². The van der Waals surface area contributed by atoms with Crippen molar-refractivity contribution in [3.8, 4) is 11.8 Å². The Morgan fingerprint density at radius 1 is 1.29 bits per heavy atom. The third kappa shape index (κ3) is 9.28. The van der Waals surface area contributed by atoms with Gasteiger partial charge >= 0.3 is 0 Å². The van der Waals surface area contributed by atoms with Crippen molar-refractivity contribution >= 4 is 5.78 Å². The molecule has 2 heteroatoms. The topological polar surface area (TPSA) is 29.1 Å².